The summed E-state index contributed by atoms with van der Waals surface area (Å²) in [5, 5.41) is 15.8. The van der Waals surface area contributed by atoms with Crippen LogP contribution >= 0.6 is 15.9 Å². The van der Waals surface area contributed by atoms with E-state index in [0.717, 1.165) is 5.56 Å². The first-order chi connectivity index (χ1) is 7.13. The lowest BCUT2D eigenvalue weighted by Crippen LogP contribution is -2.21. The highest BCUT2D eigenvalue weighted by atomic mass is 79.9. The van der Waals surface area contributed by atoms with Gasteiger partial charge in [0.25, 0.3) is 0 Å². The van der Waals surface area contributed by atoms with Gasteiger partial charge in [-0.2, -0.15) is 10.4 Å². The quantitative estimate of drug-likeness (QED) is 0.473. The summed E-state index contributed by atoms with van der Waals surface area (Å²) in [5.74, 6) is -0.0982. The number of nitrogens with two attached hydrogens (primary N) is 2. The number of nitrogens with zero attached hydrogens (tertiary/aromatic N) is 3. The summed E-state index contributed by atoms with van der Waals surface area (Å²) in [6.45, 7) is 0. The summed E-state index contributed by atoms with van der Waals surface area (Å²) in [6.07, 6.45) is 1.49. The van der Waals surface area contributed by atoms with E-state index in [9.17, 15) is 0 Å². The molecule has 1 aromatic rings. The Hall–Kier alpha value is -1.87. The molecule has 0 unspecified atom stereocenters. The van der Waals surface area contributed by atoms with Gasteiger partial charge >= 0.3 is 0 Å². The maximum Gasteiger partial charge on any atom is 0.211 e. The van der Waals surface area contributed by atoms with Gasteiger partial charge in [-0.25, -0.2) is 0 Å². The van der Waals surface area contributed by atoms with E-state index in [0.29, 0.717) is 10.0 Å². The topological polar surface area (TPSA) is 101 Å². The molecule has 0 saturated carbocycles. The maximum absolute atomic E-state index is 8.69. The van der Waals surface area contributed by atoms with Crippen molar-refractivity contribution in [3.8, 4) is 6.07 Å². The molecular weight excluding hydrogens is 258 g/mol. The number of halogens is 1. The van der Waals surface area contributed by atoms with Crippen LogP contribution in [-0.4, -0.2) is 12.2 Å². The van der Waals surface area contributed by atoms with Crippen LogP contribution in [0.2, 0.25) is 0 Å². The molecule has 0 aliphatic heterocycles. The van der Waals surface area contributed by atoms with Gasteiger partial charge in [-0.15, -0.1) is 5.10 Å². The van der Waals surface area contributed by atoms with Crippen LogP contribution in [0.15, 0.2) is 32.9 Å². The first-order valence-corrected chi connectivity index (χ1v) is 4.74. The van der Waals surface area contributed by atoms with Gasteiger partial charge in [0.1, 0.15) is 6.07 Å². The van der Waals surface area contributed by atoms with Crippen molar-refractivity contribution in [2.75, 3.05) is 0 Å². The highest BCUT2D eigenvalue weighted by Crippen LogP contribution is 2.16. The van der Waals surface area contributed by atoms with Crippen molar-refractivity contribution in [1.29, 1.82) is 5.26 Å². The van der Waals surface area contributed by atoms with Crippen LogP contribution in [0.5, 0.6) is 0 Å². The van der Waals surface area contributed by atoms with Crippen LogP contribution < -0.4 is 11.5 Å². The Balaban J connectivity index is 2.90. The number of hydrogen-bond donors (Lipinski definition) is 2. The summed E-state index contributed by atoms with van der Waals surface area (Å²) < 4.78 is 0.707. The summed E-state index contributed by atoms with van der Waals surface area (Å²) in [4.78, 5) is 0. The van der Waals surface area contributed by atoms with Crippen molar-refractivity contribution in [2.24, 2.45) is 21.7 Å². The Labute approximate surface area is 95.2 Å². The molecule has 0 radical (unpaired) electrons. The SMILES string of the molecule is N#Cc1ccc(C=NN=C(N)N)cc1Br. The molecule has 0 aromatic heterocycles. The highest BCUT2D eigenvalue weighted by Gasteiger charge is 1.98. The number of guanidine groups is 1. The molecule has 76 valence electrons. The van der Waals surface area contributed by atoms with E-state index >= 15 is 0 Å². The van der Waals surface area contributed by atoms with Gasteiger partial charge in [-0.05, 0) is 33.6 Å². The van der Waals surface area contributed by atoms with Crippen molar-refractivity contribution >= 4 is 28.1 Å². The normalized spacial score (nSPS) is 9.87. The van der Waals surface area contributed by atoms with Crippen molar-refractivity contribution < 1.29 is 0 Å². The van der Waals surface area contributed by atoms with Gasteiger partial charge in [0.2, 0.25) is 5.96 Å². The zero-order valence-electron chi connectivity index (χ0n) is 7.68. The second kappa shape index (κ2) is 5.12. The highest BCUT2D eigenvalue weighted by molar-refractivity contribution is 9.10. The predicted octanol–water partition coefficient (Wildman–Crippen LogP) is 0.928. The monoisotopic (exact) mass is 265 g/mol. The molecule has 0 aliphatic rings. The zero-order chi connectivity index (χ0) is 11.3. The molecule has 0 saturated heterocycles. The molecular formula is C9H8BrN5. The van der Waals surface area contributed by atoms with Crippen LogP contribution in [0.3, 0.4) is 0 Å². The first-order valence-electron chi connectivity index (χ1n) is 3.95. The summed E-state index contributed by atoms with van der Waals surface area (Å²) in [7, 11) is 0. The maximum atomic E-state index is 8.69. The van der Waals surface area contributed by atoms with Gasteiger partial charge in [0, 0.05) is 4.47 Å². The Kier molecular flexibility index (Phi) is 3.83. The van der Waals surface area contributed by atoms with Gasteiger partial charge in [-0.3, -0.25) is 0 Å². The lowest BCUT2D eigenvalue weighted by Gasteiger charge is -1.95. The molecule has 5 nitrogen and oxygen atoms in total. The predicted molar refractivity (Wildman–Crippen MR) is 62.3 cm³/mol. The van der Waals surface area contributed by atoms with Crippen LogP contribution in [0.25, 0.3) is 0 Å². The molecule has 1 aromatic carbocycles. The van der Waals surface area contributed by atoms with Crippen LogP contribution in [0.4, 0.5) is 0 Å². The molecule has 0 spiro atoms. The fraction of sp³-hybridized carbons (Fsp3) is 0. The Morgan fingerprint density at radius 1 is 1.47 bits per heavy atom. The second-order valence-electron chi connectivity index (χ2n) is 2.62. The standard InChI is InChI=1S/C9H8BrN5/c10-8-3-6(1-2-7(8)4-11)5-14-15-9(12)13/h1-3,5H,(H4,12,13,15). The molecule has 1 rings (SSSR count). The first kappa shape index (κ1) is 11.2. The fourth-order valence-corrected chi connectivity index (χ4v) is 1.35. The lowest BCUT2D eigenvalue weighted by atomic mass is 10.2. The van der Waals surface area contributed by atoms with Gasteiger partial charge in [0.15, 0.2) is 0 Å². The molecule has 4 N–H and O–H groups in total. The van der Waals surface area contributed by atoms with Crippen molar-refractivity contribution in [3.63, 3.8) is 0 Å². The summed E-state index contributed by atoms with van der Waals surface area (Å²) >= 11 is 3.26. The molecule has 0 fully saturated rings. The number of benzene rings is 1. The Bertz CT molecular complexity index is 454. The van der Waals surface area contributed by atoms with E-state index in [4.69, 9.17) is 16.7 Å². The van der Waals surface area contributed by atoms with Gasteiger partial charge in [-0.1, -0.05) is 6.07 Å². The van der Waals surface area contributed by atoms with Crippen molar-refractivity contribution in [1.82, 2.24) is 0 Å². The van der Waals surface area contributed by atoms with E-state index in [1.807, 2.05) is 6.07 Å². The largest absolute Gasteiger partial charge is 0.369 e. The number of rotatable bonds is 2. The van der Waals surface area contributed by atoms with Crippen LogP contribution in [0.1, 0.15) is 11.1 Å². The van der Waals surface area contributed by atoms with E-state index in [1.165, 1.54) is 6.21 Å². The minimum absolute atomic E-state index is 0.0982. The molecule has 15 heavy (non-hydrogen) atoms. The van der Waals surface area contributed by atoms with E-state index in [-0.39, 0.29) is 5.96 Å². The average Bonchev–Trinajstić information content (AvgIpc) is 2.17. The minimum Gasteiger partial charge on any atom is -0.369 e. The third-order valence-electron chi connectivity index (χ3n) is 1.49. The molecule has 0 atom stereocenters. The van der Waals surface area contributed by atoms with Crippen LogP contribution in [-0.2, 0) is 0 Å². The molecule has 0 heterocycles. The molecule has 6 heteroatoms. The Morgan fingerprint density at radius 2 is 2.20 bits per heavy atom. The third-order valence-corrected chi connectivity index (χ3v) is 2.15. The Morgan fingerprint density at radius 3 is 2.73 bits per heavy atom. The van der Waals surface area contributed by atoms with E-state index in [1.54, 1.807) is 18.2 Å². The summed E-state index contributed by atoms with van der Waals surface area (Å²) in [5.41, 5.74) is 11.5. The van der Waals surface area contributed by atoms with Gasteiger partial charge in [0.05, 0.1) is 11.8 Å². The molecule has 0 aliphatic carbocycles. The van der Waals surface area contributed by atoms with E-state index < -0.39 is 0 Å². The number of hydrogen-bond acceptors (Lipinski definition) is 3. The van der Waals surface area contributed by atoms with Gasteiger partial charge < -0.3 is 11.5 Å². The fourth-order valence-electron chi connectivity index (χ4n) is 0.865. The molecule has 0 amide bonds. The van der Waals surface area contributed by atoms with E-state index in [2.05, 4.69) is 26.1 Å². The molecule has 0 bridgehead atoms. The minimum atomic E-state index is -0.0982. The smallest absolute Gasteiger partial charge is 0.211 e. The second-order valence-corrected chi connectivity index (χ2v) is 3.47. The third kappa shape index (κ3) is 3.40. The number of nitriles is 1. The van der Waals surface area contributed by atoms with Crippen molar-refractivity contribution in [2.45, 2.75) is 0 Å². The lowest BCUT2D eigenvalue weighted by molar-refractivity contribution is 1.21. The average molecular weight is 266 g/mol. The summed E-state index contributed by atoms with van der Waals surface area (Å²) in [6, 6.07) is 7.22. The van der Waals surface area contributed by atoms with Crippen LogP contribution in [0, 0.1) is 11.3 Å². The zero-order valence-corrected chi connectivity index (χ0v) is 9.27. The van der Waals surface area contributed by atoms with Crippen molar-refractivity contribution in [3.05, 3.63) is 33.8 Å².